The van der Waals surface area contributed by atoms with Crippen LogP contribution in [0.5, 0.6) is 0 Å². The van der Waals surface area contributed by atoms with Gasteiger partial charge in [0.1, 0.15) is 5.76 Å². The molecule has 4 rings (SSSR count). The molecule has 3 aromatic rings. The number of oxazole rings is 1. The minimum atomic E-state index is 0.0757. The Morgan fingerprint density at radius 3 is 2.30 bits per heavy atom. The summed E-state index contributed by atoms with van der Waals surface area (Å²) in [5, 5.41) is 4.64. The van der Waals surface area contributed by atoms with E-state index in [-0.39, 0.29) is 5.91 Å². The fourth-order valence-corrected chi connectivity index (χ4v) is 3.98. The van der Waals surface area contributed by atoms with Crippen molar-refractivity contribution in [3.8, 4) is 0 Å². The molecule has 1 aliphatic rings. The van der Waals surface area contributed by atoms with E-state index in [2.05, 4.69) is 27.1 Å². The highest BCUT2D eigenvalue weighted by Gasteiger charge is 2.27. The van der Waals surface area contributed by atoms with Gasteiger partial charge in [-0.15, -0.1) is 0 Å². The van der Waals surface area contributed by atoms with Crippen molar-refractivity contribution >= 4 is 5.91 Å². The van der Waals surface area contributed by atoms with Gasteiger partial charge in [0.05, 0.1) is 30.0 Å². The van der Waals surface area contributed by atoms with Gasteiger partial charge in [-0.25, -0.2) is 4.98 Å². The normalized spacial score (nSPS) is 15.0. The van der Waals surface area contributed by atoms with Gasteiger partial charge in [-0.2, -0.15) is 5.10 Å². The molecular formula is C23H29N5O2. The maximum atomic E-state index is 13.2. The van der Waals surface area contributed by atoms with Crippen LogP contribution in [0, 0.1) is 27.7 Å². The molecule has 2 aromatic heterocycles. The van der Waals surface area contributed by atoms with E-state index >= 15 is 0 Å². The van der Waals surface area contributed by atoms with Crippen molar-refractivity contribution in [2.24, 2.45) is 0 Å². The van der Waals surface area contributed by atoms with Crippen molar-refractivity contribution in [2.75, 3.05) is 26.2 Å². The van der Waals surface area contributed by atoms with Crippen molar-refractivity contribution in [1.29, 1.82) is 0 Å². The summed E-state index contributed by atoms with van der Waals surface area (Å²) in [7, 11) is 0. The van der Waals surface area contributed by atoms with Gasteiger partial charge in [0, 0.05) is 31.9 Å². The maximum absolute atomic E-state index is 13.2. The molecule has 3 heterocycles. The van der Waals surface area contributed by atoms with Crippen molar-refractivity contribution in [3.05, 3.63) is 70.2 Å². The third-order valence-corrected chi connectivity index (χ3v) is 5.86. The molecule has 1 amide bonds. The van der Waals surface area contributed by atoms with Gasteiger partial charge in [0.15, 0.2) is 0 Å². The number of benzene rings is 1. The minimum absolute atomic E-state index is 0.0757. The first-order chi connectivity index (χ1) is 14.4. The van der Waals surface area contributed by atoms with E-state index < -0.39 is 0 Å². The van der Waals surface area contributed by atoms with Crippen LogP contribution in [0.3, 0.4) is 0 Å². The fourth-order valence-electron chi connectivity index (χ4n) is 3.98. The minimum Gasteiger partial charge on any atom is -0.444 e. The smallest absolute Gasteiger partial charge is 0.257 e. The Bertz CT molecular complexity index is 1010. The van der Waals surface area contributed by atoms with Crippen LogP contribution in [-0.4, -0.2) is 56.7 Å². The largest absolute Gasteiger partial charge is 0.444 e. The zero-order valence-electron chi connectivity index (χ0n) is 18.2. The second-order valence-electron chi connectivity index (χ2n) is 8.01. The van der Waals surface area contributed by atoms with Gasteiger partial charge in [-0.3, -0.25) is 14.4 Å². The highest BCUT2D eigenvalue weighted by atomic mass is 16.4. The number of piperazine rings is 1. The fraction of sp³-hybridized carbons (Fsp3) is 0.435. The van der Waals surface area contributed by atoms with E-state index in [0.29, 0.717) is 26.2 Å². The molecule has 0 radical (unpaired) electrons. The van der Waals surface area contributed by atoms with Crippen LogP contribution in [-0.2, 0) is 13.1 Å². The molecule has 1 saturated heterocycles. The lowest BCUT2D eigenvalue weighted by molar-refractivity contribution is 0.0616. The summed E-state index contributed by atoms with van der Waals surface area (Å²) in [6.45, 7) is 12.2. The highest BCUT2D eigenvalue weighted by molar-refractivity contribution is 5.96. The van der Waals surface area contributed by atoms with Crippen molar-refractivity contribution in [2.45, 2.75) is 40.8 Å². The lowest BCUT2D eigenvalue weighted by Crippen LogP contribution is -2.48. The van der Waals surface area contributed by atoms with Crippen LogP contribution in [0.15, 0.2) is 34.7 Å². The number of aryl methyl sites for hydroxylation is 3. The summed E-state index contributed by atoms with van der Waals surface area (Å²) >= 11 is 0. The summed E-state index contributed by atoms with van der Waals surface area (Å²) in [6, 6.07) is 10.2. The molecule has 7 nitrogen and oxygen atoms in total. The van der Waals surface area contributed by atoms with Gasteiger partial charge in [-0.1, -0.05) is 30.3 Å². The Morgan fingerprint density at radius 2 is 1.67 bits per heavy atom. The van der Waals surface area contributed by atoms with E-state index in [1.54, 1.807) is 0 Å². The molecule has 0 bridgehead atoms. The maximum Gasteiger partial charge on any atom is 0.257 e. The molecule has 7 heteroatoms. The average molecular weight is 408 g/mol. The number of aromatic nitrogens is 3. The molecule has 1 fully saturated rings. The average Bonchev–Trinajstić information content (AvgIpc) is 3.19. The predicted octanol–water partition coefficient (Wildman–Crippen LogP) is 3.11. The molecule has 0 spiro atoms. The Morgan fingerprint density at radius 1 is 0.967 bits per heavy atom. The first kappa shape index (κ1) is 20.3. The van der Waals surface area contributed by atoms with Crippen LogP contribution in [0.4, 0.5) is 0 Å². The SMILES string of the molecule is Cc1nc(CN2CCN(C(=O)c3c(C)nn(Cc4ccccc4)c3C)CC2)oc1C. The van der Waals surface area contributed by atoms with Crippen molar-refractivity contribution < 1.29 is 9.21 Å². The summed E-state index contributed by atoms with van der Waals surface area (Å²) in [4.78, 5) is 21.9. The second-order valence-corrected chi connectivity index (χ2v) is 8.01. The second kappa shape index (κ2) is 8.44. The summed E-state index contributed by atoms with van der Waals surface area (Å²) < 4.78 is 7.63. The molecule has 0 unspecified atom stereocenters. The number of hydrogen-bond acceptors (Lipinski definition) is 5. The Balaban J connectivity index is 1.40. The Kier molecular flexibility index (Phi) is 5.72. The first-order valence-corrected chi connectivity index (χ1v) is 10.4. The Labute approximate surface area is 177 Å². The van der Waals surface area contributed by atoms with Gasteiger partial charge in [0.2, 0.25) is 5.89 Å². The molecule has 0 aliphatic carbocycles. The number of carbonyl (C=O) groups is 1. The summed E-state index contributed by atoms with van der Waals surface area (Å²) in [6.07, 6.45) is 0. The third-order valence-electron chi connectivity index (χ3n) is 5.86. The number of amides is 1. The predicted molar refractivity (Wildman–Crippen MR) is 114 cm³/mol. The Hall–Kier alpha value is -2.93. The van der Waals surface area contributed by atoms with Gasteiger partial charge in [0.25, 0.3) is 5.91 Å². The molecule has 0 saturated carbocycles. The molecule has 1 aliphatic heterocycles. The van der Waals surface area contributed by atoms with Gasteiger partial charge < -0.3 is 9.32 Å². The lowest BCUT2D eigenvalue weighted by atomic mass is 10.1. The zero-order chi connectivity index (χ0) is 21.3. The summed E-state index contributed by atoms with van der Waals surface area (Å²) in [5.41, 5.74) is 4.57. The van der Waals surface area contributed by atoms with Crippen molar-refractivity contribution in [1.82, 2.24) is 24.6 Å². The number of carbonyl (C=O) groups excluding carboxylic acids is 1. The molecule has 158 valence electrons. The van der Waals surface area contributed by atoms with E-state index in [4.69, 9.17) is 4.42 Å². The van der Waals surface area contributed by atoms with E-state index in [0.717, 1.165) is 47.4 Å². The molecule has 0 atom stereocenters. The van der Waals surface area contributed by atoms with Gasteiger partial charge in [-0.05, 0) is 33.3 Å². The highest BCUT2D eigenvalue weighted by Crippen LogP contribution is 2.19. The van der Waals surface area contributed by atoms with E-state index in [1.165, 1.54) is 5.56 Å². The quantitative estimate of drug-likeness (QED) is 0.650. The molecular weight excluding hydrogens is 378 g/mol. The standard InChI is InChI=1S/C23H29N5O2/c1-16-19(4)30-21(24-16)15-26-10-12-27(13-11-26)23(29)22-17(2)25-28(18(22)3)14-20-8-6-5-7-9-20/h5-9H,10-15H2,1-4H3. The van der Waals surface area contributed by atoms with Crippen LogP contribution in [0.25, 0.3) is 0 Å². The third kappa shape index (κ3) is 4.16. The summed E-state index contributed by atoms with van der Waals surface area (Å²) in [5.74, 6) is 1.70. The first-order valence-electron chi connectivity index (χ1n) is 10.4. The number of rotatable bonds is 5. The van der Waals surface area contributed by atoms with E-state index in [1.807, 2.05) is 55.5 Å². The van der Waals surface area contributed by atoms with Crippen LogP contribution in [0.1, 0.15) is 44.7 Å². The van der Waals surface area contributed by atoms with Gasteiger partial charge >= 0.3 is 0 Å². The molecule has 1 aromatic carbocycles. The van der Waals surface area contributed by atoms with E-state index in [9.17, 15) is 4.79 Å². The van der Waals surface area contributed by atoms with Crippen molar-refractivity contribution in [3.63, 3.8) is 0 Å². The zero-order valence-corrected chi connectivity index (χ0v) is 18.2. The number of hydrogen-bond donors (Lipinski definition) is 0. The molecule has 30 heavy (non-hydrogen) atoms. The van der Waals surface area contributed by atoms with Crippen LogP contribution in [0.2, 0.25) is 0 Å². The molecule has 0 N–H and O–H groups in total. The monoisotopic (exact) mass is 407 g/mol. The topological polar surface area (TPSA) is 67.4 Å². The van der Waals surface area contributed by atoms with Crippen LogP contribution < -0.4 is 0 Å². The van der Waals surface area contributed by atoms with Crippen LogP contribution >= 0.6 is 0 Å². The lowest BCUT2D eigenvalue weighted by Gasteiger charge is -2.34. The number of nitrogens with zero attached hydrogens (tertiary/aromatic N) is 5.